The lowest BCUT2D eigenvalue weighted by Crippen LogP contribution is -2.33. The lowest BCUT2D eigenvalue weighted by Gasteiger charge is -2.23. The molecular weight excluding hydrogens is 524 g/mol. The van der Waals surface area contributed by atoms with Gasteiger partial charge in [0.2, 0.25) is 5.88 Å². The summed E-state index contributed by atoms with van der Waals surface area (Å²) < 4.78 is 91.4. The number of aromatic nitrogens is 1. The Morgan fingerprint density at radius 1 is 1.08 bits per heavy atom. The lowest BCUT2D eigenvalue weighted by atomic mass is 9.90. The van der Waals surface area contributed by atoms with Crippen LogP contribution in [0.5, 0.6) is 5.88 Å². The summed E-state index contributed by atoms with van der Waals surface area (Å²) in [5.74, 6) is -3.30. The number of carbonyl (C=O) groups excluding carboxylic acids is 2. The summed E-state index contributed by atoms with van der Waals surface area (Å²) in [5, 5.41) is 2.29. The highest BCUT2D eigenvalue weighted by Crippen LogP contribution is 2.39. The predicted octanol–water partition coefficient (Wildman–Crippen LogP) is 5.05. The van der Waals surface area contributed by atoms with Crippen LogP contribution < -0.4 is 9.50 Å². The van der Waals surface area contributed by atoms with Crippen LogP contribution in [-0.2, 0) is 26.1 Å². The van der Waals surface area contributed by atoms with Crippen molar-refractivity contribution in [3.05, 3.63) is 46.9 Å². The molecule has 0 saturated heterocycles. The number of alkyl halides is 3. The fourth-order valence-corrected chi connectivity index (χ4v) is 3.58. The van der Waals surface area contributed by atoms with Crippen LogP contribution in [0.2, 0.25) is 0 Å². The van der Waals surface area contributed by atoms with Crippen LogP contribution in [0.15, 0.2) is 24.3 Å². The molecule has 1 amide bonds. The van der Waals surface area contributed by atoms with Crippen LogP contribution >= 0.6 is 0 Å². The molecule has 1 aromatic heterocycles. The molecule has 0 unspecified atom stereocenters. The Labute approximate surface area is 211 Å². The number of pyridine rings is 1. The van der Waals surface area contributed by atoms with E-state index in [1.165, 1.54) is 12.1 Å². The number of methoxy groups -OCH3 is 1. The van der Waals surface area contributed by atoms with Gasteiger partial charge in [-0.15, -0.1) is 0 Å². The number of nitrogens with one attached hydrogen (secondary N) is 1. The lowest BCUT2D eigenvalue weighted by molar-refractivity contribution is -0.0501. The fraction of sp³-hybridized carbons (Fsp3) is 0.435. The Morgan fingerprint density at radius 2 is 1.65 bits per heavy atom. The summed E-state index contributed by atoms with van der Waals surface area (Å²) in [7, 11) is -5.16. The number of rotatable bonds is 7. The van der Waals surface area contributed by atoms with Crippen molar-refractivity contribution in [1.82, 2.24) is 10.3 Å². The largest absolute Gasteiger partial charge is 0.534 e. The van der Waals surface area contributed by atoms with Gasteiger partial charge < -0.3 is 19.0 Å². The molecule has 9 nitrogen and oxygen atoms in total. The highest BCUT2D eigenvalue weighted by atomic mass is 32.2. The first-order valence-electron chi connectivity index (χ1n) is 10.8. The molecule has 1 heterocycles. The summed E-state index contributed by atoms with van der Waals surface area (Å²) in [5.41, 5.74) is -7.65. The molecule has 0 bridgehead atoms. The number of hydrogen-bond acceptors (Lipinski definition) is 8. The minimum atomic E-state index is -6.21. The molecule has 0 saturated carbocycles. The van der Waals surface area contributed by atoms with Gasteiger partial charge in [0.1, 0.15) is 11.4 Å². The second kappa shape index (κ2) is 10.9. The number of ether oxygens (including phenoxy) is 2. The van der Waals surface area contributed by atoms with Gasteiger partial charge in [0, 0.05) is 11.1 Å². The van der Waals surface area contributed by atoms with E-state index in [-0.39, 0.29) is 22.4 Å². The summed E-state index contributed by atoms with van der Waals surface area (Å²) in [6.07, 6.45) is -1.00. The number of nitrogens with zero attached hydrogens (tertiary/aromatic N) is 1. The number of benzene rings is 1. The Hall–Kier alpha value is -3.42. The smallest absolute Gasteiger partial charge is 0.465 e. The zero-order valence-electron chi connectivity index (χ0n) is 20.8. The number of alkyl carbamates (subject to hydrolysis) is 1. The molecule has 0 aliphatic carbocycles. The van der Waals surface area contributed by atoms with Gasteiger partial charge in [-0.05, 0) is 44.4 Å². The van der Waals surface area contributed by atoms with E-state index in [9.17, 15) is 35.6 Å². The maximum absolute atomic E-state index is 13.7. The Balaban J connectivity index is 2.93. The third kappa shape index (κ3) is 7.31. The average molecular weight is 551 g/mol. The van der Waals surface area contributed by atoms with Crippen LogP contribution in [0.4, 0.5) is 22.4 Å². The Morgan fingerprint density at radius 3 is 2.11 bits per heavy atom. The fourth-order valence-electron chi connectivity index (χ4n) is 3.14. The van der Waals surface area contributed by atoms with Gasteiger partial charge in [0.05, 0.1) is 24.9 Å². The molecule has 0 fully saturated rings. The van der Waals surface area contributed by atoms with Crippen molar-refractivity contribution >= 4 is 22.2 Å². The van der Waals surface area contributed by atoms with Crippen LogP contribution in [0.1, 0.15) is 62.2 Å². The van der Waals surface area contributed by atoms with Gasteiger partial charge in [0.25, 0.3) is 0 Å². The maximum atomic E-state index is 13.7. The molecule has 0 aliphatic rings. The molecule has 0 atom stereocenters. The molecule has 2 rings (SSSR count). The number of esters is 1. The highest BCUT2D eigenvalue weighted by Gasteiger charge is 2.49. The summed E-state index contributed by atoms with van der Waals surface area (Å²) in [6, 6.07) is 4.45. The van der Waals surface area contributed by atoms with E-state index in [2.05, 4.69) is 14.5 Å². The highest BCUT2D eigenvalue weighted by molar-refractivity contribution is 7.87. The molecule has 14 heteroatoms. The zero-order valence-corrected chi connectivity index (χ0v) is 21.6. The van der Waals surface area contributed by atoms with E-state index in [0.717, 1.165) is 19.2 Å². The van der Waals surface area contributed by atoms with Gasteiger partial charge in [-0.2, -0.15) is 21.6 Å². The van der Waals surface area contributed by atoms with E-state index in [1.54, 1.807) is 34.6 Å². The van der Waals surface area contributed by atoms with E-state index in [1.807, 2.05) is 0 Å². The molecular formula is C23H26F4N2O7S. The van der Waals surface area contributed by atoms with Crippen molar-refractivity contribution in [3.8, 4) is 17.0 Å². The van der Waals surface area contributed by atoms with Gasteiger partial charge in [0.15, 0.2) is 0 Å². The zero-order chi connectivity index (χ0) is 28.3. The van der Waals surface area contributed by atoms with Gasteiger partial charge >= 0.3 is 27.7 Å². The number of halogens is 4. The first kappa shape index (κ1) is 29.8. The van der Waals surface area contributed by atoms with Crippen molar-refractivity contribution in [2.45, 2.75) is 58.2 Å². The van der Waals surface area contributed by atoms with Crippen LogP contribution in [0.3, 0.4) is 0 Å². The molecule has 1 aromatic carbocycles. The molecule has 1 N–H and O–H groups in total. The number of carbonyl (C=O) groups is 2. The third-order valence-corrected chi connectivity index (χ3v) is 5.58. The van der Waals surface area contributed by atoms with Crippen molar-refractivity contribution in [2.24, 2.45) is 0 Å². The normalized spacial score (nSPS) is 12.3. The minimum Gasteiger partial charge on any atom is -0.465 e. The van der Waals surface area contributed by atoms with E-state index in [4.69, 9.17) is 9.47 Å². The summed E-state index contributed by atoms with van der Waals surface area (Å²) >= 11 is 0. The van der Waals surface area contributed by atoms with E-state index >= 15 is 0 Å². The standard InChI is InChI=1S/C23H26F4N2O7S/c1-12(2)18-17(20(30)34-6)16(13-7-9-14(24)10-8-13)15(11-28-21(31)35-22(3,4)5)19(29-18)36-37(32,33)23(25,26)27/h7-10,12H,11H2,1-6H3,(H,28,31). The van der Waals surface area contributed by atoms with Crippen molar-refractivity contribution in [2.75, 3.05) is 7.11 Å². The van der Waals surface area contributed by atoms with Crippen LogP contribution in [0, 0.1) is 5.82 Å². The Kier molecular flexibility index (Phi) is 8.79. The van der Waals surface area contributed by atoms with Crippen molar-refractivity contribution < 1.29 is 49.2 Å². The second-order valence-electron chi connectivity index (χ2n) is 9.02. The van der Waals surface area contributed by atoms with E-state index in [0.29, 0.717) is 0 Å². The van der Waals surface area contributed by atoms with Gasteiger partial charge in [-0.3, -0.25) is 0 Å². The van der Waals surface area contributed by atoms with Crippen molar-refractivity contribution in [1.29, 1.82) is 0 Å². The molecule has 204 valence electrons. The van der Waals surface area contributed by atoms with Crippen LogP contribution in [0.25, 0.3) is 11.1 Å². The summed E-state index contributed by atoms with van der Waals surface area (Å²) in [4.78, 5) is 29.1. The second-order valence-corrected chi connectivity index (χ2v) is 10.6. The molecule has 0 aliphatic heterocycles. The molecule has 2 aromatic rings. The van der Waals surface area contributed by atoms with Gasteiger partial charge in [-0.25, -0.2) is 19.0 Å². The Bertz CT molecular complexity index is 1270. The molecule has 0 spiro atoms. The van der Waals surface area contributed by atoms with Gasteiger partial charge in [-0.1, -0.05) is 26.0 Å². The first-order chi connectivity index (χ1) is 16.9. The maximum Gasteiger partial charge on any atom is 0.534 e. The molecule has 37 heavy (non-hydrogen) atoms. The average Bonchev–Trinajstić information content (AvgIpc) is 2.75. The first-order valence-corrected chi connectivity index (χ1v) is 12.2. The topological polar surface area (TPSA) is 121 Å². The summed E-state index contributed by atoms with van der Waals surface area (Å²) in [6.45, 7) is 7.10. The van der Waals surface area contributed by atoms with Crippen molar-refractivity contribution in [3.63, 3.8) is 0 Å². The monoisotopic (exact) mass is 550 g/mol. The van der Waals surface area contributed by atoms with Crippen LogP contribution in [-0.4, -0.2) is 43.7 Å². The minimum absolute atomic E-state index is 0.0846. The predicted molar refractivity (Wildman–Crippen MR) is 124 cm³/mol. The van der Waals surface area contributed by atoms with E-state index < -0.39 is 63.0 Å². The molecule has 0 radical (unpaired) electrons. The SMILES string of the molecule is COC(=O)c1c(C(C)C)nc(OS(=O)(=O)C(F)(F)F)c(CNC(=O)OC(C)(C)C)c1-c1ccc(F)cc1. The number of hydrogen-bond donors (Lipinski definition) is 1. The third-order valence-electron chi connectivity index (χ3n) is 4.64. The quantitative estimate of drug-likeness (QED) is 0.220. The number of amides is 1.